The minimum atomic E-state index is -1.04. The SMILES string of the molecule is CC(C)[C@H](NC(=O)[C@H](CS)NC(=O)[C@@H](NC(=O)[C@@H](N)CS)C(C)C)C(=O)NCC=O. The molecule has 0 aliphatic heterocycles. The maximum atomic E-state index is 12.7. The van der Waals surface area contributed by atoms with Gasteiger partial charge in [0, 0.05) is 11.5 Å². The molecule has 0 spiro atoms. The third kappa shape index (κ3) is 9.35. The summed E-state index contributed by atoms with van der Waals surface area (Å²) in [4.78, 5) is 60.0. The van der Waals surface area contributed by atoms with Crippen LogP contribution < -0.4 is 27.0 Å². The van der Waals surface area contributed by atoms with Gasteiger partial charge in [-0.15, -0.1) is 0 Å². The van der Waals surface area contributed by atoms with Gasteiger partial charge in [-0.05, 0) is 11.8 Å². The smallest absolute Gasteiger partial charge is 0.244 e. The number of hydrogen-bond acceptors (Lipinski definition) is 8. The molecule has 0 fully saturated rings. The van der Waals surface area contributed by atoms with Crippen molar-refractivity contribution in [3.8, 4) is 0 Å². The number of aldehydes is 1. The number of carbonyl (C=O) groups excluding carboxylic acids is 5. The minimum Gasteiger partial charge on any atom is -0.348 e. The van der Waals surface area contributed by atoms with Crippen LogP contribution in [0.2, 0.25) is 0 Å². The Morgan fingerprint density at radius 1 is 0.800 bits per heavy atom. The average molecular weight is 464 g/mol. The van der Waals surface area contributed by atoms with Crippen molar-refractivity contribution in [1.82, 2.24) is 21.3 Å². The number of rotatable bonds is 13. The molecule has 0 aromatic rings. The first kappa shape index (κ1) is 28.2. The van der Waals surface area contributed by atoms with E-state index in [1.807, 2.05) is 0 Å². The van der Waals surface area contributed by atoms with Crippen LogP contribution in [0.15, 0.2) is 0 Å². The zero-order valence-electron chi connectivity index (χ0n) is 17.7. The van der Waals surface area contributed by atoms with Gasteiger partial charge in [0.15, 0.2) is 0 Å². The van der Waals surface area contributed by atoms with Gasteiger partial charge < -0.3 is 31.8 Å². The number of thiol groups is 2. The van der Waals surface area contributed by atoms with Crippen LogP contribution in [-0.2, 0) is 24.0 Å². The second-order valence-electron chi connectivity index (χ2n) is 7.41. The largest absolute Gasteiger partial charge is 0.348 e. The molecule has 0 bridgehead atoms. The number of carbonyl (C=O) groups is 5. The summed E-state index contributed by atoms with van der Waals surface area (Å²) in [6.45, 7) is 6.76. The van der Waals surface area contributed by atoms with Gasteiger partial charge in [0.05, 0.1) is 12.6 Å². The Bertz CT molecular complexity index is 618. The Hall–Kier alpha value is -1.79. The molecule has 4 atom stereocenters. The molecule has 0 saturated carbocycles. The van der Waals surface area contributed by atoms with E-state index in [1.165, 1.54) is 0 Å². The van der Waals surface area contributed by atoms with E-state index in [2.05, 4.69) is 46.5 Å². The first-order chi connectivity index (χ1) is 14.0. The van der Waals surface area contributed by atoms with Crippen LogP contribution >= 0.6 is 25.3 Å². The van der Waals surface area contributed by atoms with E-state index in [0.717, 1.165) is 0 Å². The standard InChI is InChI=1S/C18H33N5O5S2/c1-9(2)13(17(27)20-5-6-24)23-16(26)12(8-30)21-18(28)14(10(3)4)22-15(25)11(19)7-29/h6,9-14,29-30H,5,7-8,19H2,1-4H3,(H,20,27)(H,21,28)(H,22,25)(H,23,26)/t11-,12-,13-,14-/m0/s1. The Kier molecular flexibility index (Phi) is 13.4. The van der Waals surface area contributed by atoms with Gasteiger partial charge in [-0.25, -0.2) is 0 Å². The predicted octanol–water partition coefficient (Wildman–Crippen LogP) is -1.75. The zero-order valence-corrected chi connectivity index (χ0v) is 19.5. The molecule has 0 aromatic heterocycles. The van der Waals surface area contributed by atoms with E-state index in [4.69, 9.17) is 5.73 Å². The van der Waals surface area contributed by atoms with E-state index in [0.29, 0.717) is 6.29 Å². The number of amides is 4. The van der Waals surface area contributed by atoms with Gasteiger partial charge in [0.2, 0.25) is 23.6 Å². The van der Waals surface area contributed by atoms with Crippen LogP contribution in [-0.4, -0.2) is 72.1 Å². The molecule has 0 unspecified atom stereocenters. The second-order valence-corrected chi connectivity index (χ2v) is 8.14. The maximum Gasteiger partial charge on any atom is 0.244 e. The summed E-state index contributed by atoms with van der Waals surface area (Å²) in [6.07, 6.45) is 0.536. The van der Waals surface area contributed by atoms with Crippen molar-refractivity contribution in [2.24, 2.45) is 17.6 Å². The van der Waals surface area contributed by atoms with Crippen molar-refractivity contribution in [1.29, 1.82) is 0 Å². The van der Waals surface area contributed by atoms with E-state index < -0.39 is 47.8 Å². The van der Waals surface area contributed by atoms with Gasteiger partial charge in [0.25, 0.3) is 0 Å². The number of nitrogens with one attached hydrogen (secondary N) is 4. The molecule has 12 heteroatoms. The highest BCUT2D eigenvalue weighted by atomic mass is 32.1. The highest BCUT2D eigenvalue weighted by Gasteiger charge is 2.31. The molecule has 6 N–H and O–H groups in total. The molecule has 30 heavy (non-hydrogen) atoms. The van der Waals surface area contributed by atoms with Gasteiger partial charge in [0.1, 0.15) is 24.4 Å². The summed E-state index contributed by atoms with van der Waals surface area (Å²) in [5, 5.41) is 10.1. The lowest BCUT2D eigenvalue weighted by Gasteiger charge is -2.27. The molecule has 0 aliphatic carbocycles. The molecule has 172 valence electrons. The summed E-state index contributed by atoms with van der Waals surface area (Å²) < 4.78 is 0. The fraction of sp³-hybridized carbons (Fsp3) is 0.722. The van der Waals surface area contributed by atoms with Gasteiger partial charge in [-0.1, -0.05) is 27.7 Å². The van der Waals surface area contributed by atoms with Crippen LogP contribution in [0.5, 0.6) is 0 Å². The topological polar surface area (TPSA) is 159 Å². The van der Waals surface area contributed by atoms with Crippen molar-refractivity contribution < 1.29 is 24.0 Å². The Labute approximate surface area is 188 Å². The first-order valence-electron chi connectivity index (χ1n) is 9.59. The lowest BCUT2D eigenvalue weighted by Crippen LogP contribution is -2.60. The van der Waals surface area contributed by atoms with Crippen molar-refractivity contribution >= 4 is 55.2 Å². The lowest BCUT2D eigenvalue weighted by molar-refractivity contribution is -0.134. The quantitative estimate of drug-likeness (QED) is 0.127. The fourth-order valence-corrected chi connectivity index (χ4v) is 2.80. The molecule has 10 nitrogen and oxygen atoms in total. The van der Waals surface area contributed by atoms with Crippen molar-refractivity contribution in [2.75, 3.05) is 18.1 Å². The molecule has 0 aromatic carbocycles. The highest BCUT2D eigenvalue weighted by Crippen LogP contribution is 2.06. The van der Waals surface area contributed by atoms with Gasteiger partial charge >= 0.3 is 0 Å². The summed E-state index contributed by atoms with van der Waals surface area (Å²) in [5.41, 5.74) is 5.63. The van der Waals surface area contributed by atoms with Crippen LogP contribution in [0.25, 0.3) is 0 Å². The third-order valence-corrected chi connectivity index (χ3v) is 4.96. The molecule has 0 rings (SSSR count). The van der Waals surface area contributed by atoms with E-state index in [-0.39, 0.29) is 29.9 Å². The van der Waals surface area contributed by atoms with Crippen molar-refractivity contribution in [3.05, 3.63) is 0 Å². The molecule has 0 saturated heterocycles. The molecule has 0 aliphatic rings. The molecular weight excluding hydrogens is 430 g/mol. The Morgan fingerprint density at radius 2 is 1.30 bits per heavy atom. The fourth-order valence-electron chi connectivity index (χ4n) is 2.37. The third-order valence-electron chi connectivity index (χ3n) is 4.20. The maximum absolute atomic E-state index is 12.7. The summed E-state index contributed by atoms with van der Waals surface area (Å²) in [5.74, 6) is -2.69. The van der Waals surface area contributed by atoms with E-state index in [9.17, 15) is 24.0 Å². The van der Waals surface area contributed by atoms with Crippen LogP contribution in [0.4, 0.5) is 0 Å². The van der Waals surface area contributed by atoms with Crippen LogP contribution in [0.1, 0.15) is 27.7 Å². The van der Waals surface area contributed by atoms with E-state index in [1.54, 1.807) is 27.7 Å². The first-order valence-corrected chi connectivity index (χ1v) is 10.9. The van der Waals surface area contributed by atoms with Crippen LogP contribution in [0.3, 0.4) is 0 Å². The average Bonchev–Trinajstić information content (AvgIpc) is 2.70. The monoisotopic (exact) mass is 463 g/mol. The lowest BCUT2D eigenvalue weighted by atomic mass is 10.0. The van der Waals surface area contributed by atoms with Crippen molar-refractivity contribution in [2.45, 2.75) is 51.9 Å². The van der Waals surface area contributed by atoms with Gasteiger partial charge in [-0.3, -0.25) is 19.2 Å². The summed E-state index contributed by atoms with van der Waals surface area (Å²) in [6, 6.07) is -3.73. The molecule has 0 heterocycles. The second kappa shape index (κ2) is 14.3. The predicted molar refractivity (Wildman–Crippen MR) is 120 cm³/mol. The van der Waals surface area contributed by atoms with Gasteiger partial charge in [-0.2, -0.15) is 25.3 Å². The molecule has 0 radical (unpaired) electrons. The number of hydrogen-bond donors (Lipinski definition) is 7. The minimum absolute atomic E-state index is 0.0345. The molecular formula is C18H33N5O5S2. The summed E-state index contributed by atoms with van der Waals surface area (Å²) >= 11 is 8.07. The Morgan fingerprint density at radius 3 is 1.73 bits per heavy atom. The number of nitrogens with two attached hydrogens (primary N) is 1. The summed E-state index contributed by atoms with van der Waals surface area (Å²) in [7, 11) is 0. The van der Waals surface area contributed by atoms with Crippen molar-refractivity contribution in [3.63, 3.8) is 0 Å². The van der Waals surface area contributed by atoms with E-state index >= 15 is 0 Å². The van der Waals surface area contributed by atoms with Crippen LogP contribution in [0, 0.1) is 11.8 Å². The highest BCUT2D eigenvalue weighted by molar-refractivity contribution is 7.80. The molecule has 4 amide bonds. The normalized spacial score (nSPS) is 15.0. The Balaban J connectivity index is 5.21. The zero-order chi connectivity index (χ0) is 23.4.